The third-order valence-corrected chi connectivity index (χ3v) is 10.0. The Bertz CT molecular complexity index is 1490. The lowest BCUT2D eigenvalue weighted by Gasteiger charge is -2.21. The molecule has 0 atom stereocenters. The molecule has 2 aliphatic rings. The minimum absolute atomic E-state index is 0.668. The second-order valence-electron chi connectivity index (χ2n) is 11.0. The minimum Gasteiger partial charge on any atom is -0.384 e. The summed E-state index contributed by atoms with van der Waals surface area (Å²) in [5.41, 5.74) is 8.86. The van der Waals surface area contributed by atoms with E-state index in [1.165, 1.54) is 96.3 Å². The zero-order chi connectivity index (χ0) is 26.6. The van der Waals surface area contributed by atoms with Crippen LogP contribution in [0.3, 0.4) is 0 Å². The summed E-state index contributed by atoms with van der Waals surface area (Å²) >= 11 is 14.9. The van der Waals surface area contributed by atoms with Crippen molar-refractivity contribution in [2.45, 2.75) is 88.4 Å². The highest BCUT2D eigenvalue weighted by molar-refractivity contribution is 7.99. The molecule has 0 aliphatic heterocycles. The lowest BCUT2D eigenvalue weighted by Crippen LogP contribution is -2.12. The first-order chi connectivity index (χ1) is 19.2. The van der Waals surface area contributed by atoms with Gasteiger partial charge in [0, 0.05) is 44.3 Å². The van der Waals surface area contributed by atoms with Crippen LogP contribution >= 0.6 is 35.0 Å². The van der Waals surface area contributed by atoms with Gasteiger partial charge in [0.25, 0.3) is 0 Å². The Balaban J connectivity index is 1.00. The normalized spacial score (nSPS) is 14.9. The van der Waals surface area contributed by atoms with Crippen molar-refractivity contribution in [1.29, 1.82) is 0 Å². The molecule has 2 aromatic carbocycles. The van der Waals surface area contributed by atoms with E-state index in [1.807, 2.05) is 17.8 Å². The van der Waals surface area contributed by atoms with Gasteiger partial charge in [0.2, 0.25) is 0 Å². The predicted octanol–water partition coefficient (Wildman–Crippen LogP) is 10.0. The molecular formula is C33H37Cl2N3S. The average Bonchev–Trinajstić information content (AvgIpc) is 2.95. The van der Waals surface area contributed by atoms with Crippen LogP contribution in [0, 0.1) is 0 Å². The van der Waals surface area contributed by atoms with Crippen molar-refractivity contribution < 1.29 is 0 Å². The van der Waals surface area contributed by atoms with Crippen molar-refractivity contribution in [2.75, 3.05) is 17.6 Å². The third-order valence-electron chi connectivity index (χ3n) is 8.27. The van der Waals surface area contributed by atoms with E-state index in [2.05, 4.69) is 35.6 Å². The van der Waals surface area contributed by atoms with E-state index in [0.717, 1.165) is 54.4 Å². The van der Waals surface area contributed by atoms with Gasteiger partial charge in [0.05, 0.1) is 16.1 Å². The van der Waals surface area contributed by atoms with Crippen molar-refractivity contribution in [1.82, 2.24) is 9.97 Å². The van der Waals surface area contributed by atoms with Crippen molar-refractivity contribution in [3.8, 4) is 0 Å². The average molecular weight is 579 g/mol. The predicted molar refractivity (Wildman–Crippen MR) is 169 cm³/mol. The number of nitrogens with one attached hydrogen (secondary N) is 1. The number of aryl methyl sites for hydroxylation is 2. The first kappa shape index (κ1) is 27.2. The van der Waals surface area contributed by atoms with Crippen LogP contribution in [0.1, 0.15) is 80.3 Å². The molecule has 4 aromatic rings. The standard InChI is InChI=1S/C33H37Cl2N3S/c34-22-20-26-32(27(35)21-22)38-30-17-9-6-14-25(30)33(26)39-19-11-3-1-2-10-18-36-31-23-12-4-7-15-28(23)37-29-16-8-5-13-24(29)31/h4,7,12,15,20-21H,1-3,5-6,8-11,13-14,16-19H2,(H,36,37). The van der Waals surface area contributed by atoms with E-state index >= 15 is 0 Å². The Morgan fingerprint density at radius 3 is 2.33 bits per heavy atom. The van der Waals surface area contributed by atoms with Crippen LogP contribution in [-0.2, 0) is 25.7 Å². The summed E-state index contributed by atoms with van der Waals surface area (Å²) in [4.78, 5) is 11.3. The molecule has 0 spiro atoms. The molecule has 39 heavy (non-hydrogen) atoms. The number of aromatic nitrogens is 2. The Hall–Kier alpha value is -2.01. The highest BCUT2D eigenvalue weighted by atomic mass is 35.5. The molecule has 0 amide bonds. The second-order valence-corrected chi connectivity index (χ2v) is 13.0. The number of thioether (sulfide) groups is 1. The smallest absolute Gasteiger partial charge is 0.0903 e. The zero-order valence-electron chi connectivity index (χ0n) is 22.6. The van der Waals surface area contributed by atoms with Crippen LogP contribution in [0.25, 0.3) is 21.8 Å². The first-order valence-corrected chi connectivity index (χ1v) is 16.5. The summed E-state index contributed by atoms with van der Waals surface area (Å²) < 4.78 is 0. The maximum absolute atomic E-state index is 6.56. The molecule has 2 aromatic heterocycles. The van der Waals surface area contributed by atoms with Crippen molar-refractivity contribution in [3.05, 3.63) is 69.0 Å². The number of anilines is 1. The maximum Gasteiger partial charge on any atom is 0.0903 e. The molecule has 6 rings (SSSR count). The molecule has 1 N–H and O–H groups in total. The van der Waals surface area contributed by atoms with E-state index in [1.54, 1.807) is 0 Å². The van der Waals surface area contributed by atoms with Crippen LogP contribution in [0.15, 0.2) is 41.3 Å². The summed E-state index contributed by atoms with van der Waals surface area (Å²) in [5, 5.41) is 7.60. The van der Waals surface area contributed by atoms with E-state index in [9.17, 15) is 0 Å². The molecule has 2 heterocycles. The monoisotopic (exact) mass is 577 g/mol. The van der Waals surface area contributed by atoms with Crippen LogP contribution in [0.4, 0.5) is 5.69 Å². The van der Waals surface area contributed by atoms with E-state index in [-0.39, 0.29) is 0 Å². The van der Waals surface area contributed by atoms with Gasteiger partial charge in [-0.1, -0.05) is 60.7 Å². The summed E-state index contributed by atoms with van der Waals surface area (Å²) in [6.45, 7) is 1.03. The number of benzene rings is 2. The highest BCUT2D eigenvalue weighted by Gasteiger charge is 2.20. The molecule has 6 heteroatoms. The van der Waals surface area contributed by atoms with Crippen molar-refractivity contribution >= 4 is 62.5 Å². The van der Waals surface area contributed by atoms with Gasteiger partial charge in [-0.2, -0.15) is 0 Å². The summed E-state index contributed by atoms with van der Waals surface area (Å²) in [5.74, 6) is 1.13. The molecular weight excluding hydrogens is 541 g/mol. The van der Waals surface area contributed by atoms with Crippen LogP contribution < -0.4 is 5.32 Å². The SMILES string of the molecule is Clc1cc(Cl)c2nc3c(c(SCCCCCCCNc4c5c(nc6ccccc46)CCCC5)c2c1)CCCC3. The Morgan fingerprint density at radius 1 is 0.744 bits per heavy atom. The lowest BCUT2D eigenvalue weighted by atomic mass is 9.92. The summed E-state index contributed by atoms with van der Waals surface area (Å²) in [6, 6.07) is 12.5. The number of pyridine rings is 2. The molecule has 2 aliphatic carbocycles. The molecule has 0 bridgehead atoms. The molecule has 3 nitrogen and oxygen atoms in total. The van der Waals surface area contributed by atoms with E-state index in [4.69, 9.17) is 33.2 Å². The number of nitrogens with zero attached hydrogens (tertiary/aromatic N) is 2. The van der Waals surface area contributed by atoms with Crippen molar-refractivity contribution in [3.63, 3.8) is 0 Å². The zero-order valence-corrected chi connectivity index (χ0v) is 25.0. The van der Waals surface area contributed by atoms with Gasteiger partial charge in [-0.3, -0.25) is 9.97 Å². The fourth-order valence-electron chi connectivity index (χ4n) is 6.29. The summed E-state index contributed by atoms with van der Waals surface area (Å²) in [6.07, 6.45) is 15.7. The molecule has 0 fully saturated rings. The molecule has 0 radical (unpaired) electrons. The van der Waals surface area contributed by atoms with Gasteiger partial charge in [0.1, 0.15) is 0 Å². The number of rotatable bonds is 10. The minimum atomic E-state index is 0.668. The summed E-state index contributed by atoms with van der Waals surface area (Å²) in [7, 11) is 0. The van der Waals surface area contributed by atoms with Gasteiger partial charge in [-0.05, 0) is 99.3 Å². The van der Waals surface area contributed by atoms with Gasteiger partial charge in [-0.25, -0.2) is 0 Å². The Kier molecular flexibility index (Phi) is 8.82. The Morgan fingerprint density at radius 2 is 1.46 bits per heavy atom. The molecule has 0 saturated heterocycles. The number of hydrogen-bond donors (Lipinski definition) is 1. The van der Waals surface area contributed by atoms with Crippen molar-refractivity contribution in [2.24, 2.45) is 0 Å². The topological polar surface area (TPSA) is 37.8 Å². The number of halogens is 2. The third kappa shape index (κ3) is 6.04. The number of unbranched alkanes of at least 4 members (excludes halogenated alkanes) is 4. The fourth-order valence-corrected chi connectivity index (χ4v) is 8.09. The maximum atomic E-state index is 6.56. The number of hydrogen-bond acceptors (Lipinski definition) is 4. The Labute approximate surface area is 246 Å². The highest BCUT2D eigenvalue weighted by Crippen LogP contribution is 2.40. The molecule has 0 unspecified atom stereocenters. The van der Waals surface area contributed by atoms with E-state index in [0.29, 0.717) is 10.0 Å². The van der Waals surface area contributed by atoms with Crippen LogP contribution in [-0.4, -0.2) is 22.3 Å². The quantitative estimate of drug-likeness (QED) is 0.150. The van der Waals surface area contributed by atoms with Crippen LogP contribution in [0.2, 0.25) is 10.0 Å². The fraction of sp³-hybridized carbons (Fsp3) is 0.455. The number of para-hydroxylation sites is 1. The van der Waals surface area contributed by atoms with Gasteiger partial charge < -0.3 is 5.32 Å². The van der Waals surface area contributed by atoms with Gasteiger partial charge in [-0.15, -0.1) is 11.8 Å². The van der Waals surface area contributed by atoms with Gasteiger partial charge >= 0.3 is 0 Å². The first-order valence-electron chi connectivity index (χ1n) is 14.8. The van der Waals surface area contributed by atoms with Gasteiger partial charge in [0.15, 0.2) is 0 Å². The van der Waals surface area contributed by atoms with E-state index < -0.39 is 0 Å². The largest absolute Gasteiger partial charge is 0.384 e. The number of fused-ring (bicyclic) bond motifs is 4. The second kappa shape index (κ2) is 12.7. The molecule has 0 saturated carbocycles. The molecule has 204 valence electrons. The lowest BCUT2D eigenvalue weighted by molar-refractivity contribution is 0.645. The van der Waals surface area contributed by atoms with Crippen LogP contribution in [0.5, 0.6) is 0 Å².